The summed E-state index contributed by atoms with van der Waals surface area (Å²) in [5, 5.41) is 18.6. The zero-order chi connectivity index (χ0) is 6.57. The molecule has 9 heavy (non-hydrogen) atoms. The largest absolute Gasteiger partial charge is 1.00 e. The van der Waals surface area contributed by atoms with Crippen LogP contribution < -0.4 is 34.7 Å². The molecular weight excluding hydrogens is 125 g/mol. The van der Waals surface area contributed by atoms with Crippen LogP contribution in [0.1, 0.15) is 20.3 Å². The minimum absolute atomic E-state index is 0. The van der Waals surface area contributed by atoms with Gasteiger partial charge in [-0.2, -0.15) is 5.26 Å². The summed E-state index contributed by atoms with van der Waals surface area (Å²) < 4.78 is 0. The average molecular weight is 135 g/mol. The Morgan fingerprint density at radius 3 is 2.11 bits per heavy atom. The smallest absolute Gasteiger partial charge is 0.851 e. The Morgan fingerprint density at radius 2 is 2.00 bits per heavy atom. The Labute approximate surface area is 78.2 Å². The molecule has 2 nitrogen and oxygen atoms in total. The average Bonchev–Trinajstić information content (AvgIpc) is 1.67. The Hall–Kier alpha value is 0.450. The van der Waals surface area contributed by atoms with Crippen molar-refractivity contribution in [2.24, 2.45) is 5.92 Å². The topological polar surface area (TPSA) is 46.8 Å². The number of nitrogens with zero attached hydrogens (tertiary/aromatic N) is 1. The molecule has 0 N–H and O–H groups in total. The first-order chi connectivity index (χ1) is 3.68. The standard InChI is InChI=1S/C6H10NO.Na/c1-5(2)6(8)3-4-7;/h5-6H,3H2,1-2H3;/q-1;+1. The van der Waals surface area contributed by atoms with Crippen LogP contribution in [0.2, 0.25) is 0 Å². The van der Waals surface area contributed by atoms with Crippen LogP contribution in [0.3, 0.4) is 0 Å². The van der Waals surface area contributed by atoms with Crippen LogP contribution in [-0.2, 0) is 0 Å². The molecule has 0 aliphatic rings. The van der Waals surface area contributed by atoms with Crippen molar-refractivity contribution in [2.45, 2.75) is 26.4 Å². The van der Waals surface area contributed by atoms with Crippen LogP contribution in [-0.4, -0.2) is 6.10 Å². The van der Waals surface area contributed by atoms with Gasteiger partial charge in [0.25, 0.3) is 0 Å². The van der Waals surface area contributed by atoms with Crippen molar-refractivity contribution in [3.63, 3.8) is 0 Å². The molecule has 0 aromatic heterocycles. The summed E-state index contributed by atoms with van der Waals surface area (Å²) in [6.07, 6.45) is -0.558. The molecule has 0 radical (unpaired) electrons. The fourth-order valence-electron chi connectivity index (χ4n) is 0.326. The Morgan fingerprint density at radius 1 is 1.56 bits per heavy atom. The number of hydrogen-bond acceptors (Lipinski definition) is 2. The second kappa shape index (κ2) is 6.57. The van der Waals surface area contributed by atoms with Gasteiger partial charge in [-0.3, -0.25) is 0 Å². The second-order valence-corrected chi connectivity index (χ2v) is 2.14. The summed E-state index contributed by atoms with van der Waals surface area (Å²) in [4.78, 5) is 0. The van der Waals surface area contributed by atoms with E-state index in [-0.39, 0.29) is 41.9 Å². The zero-order valence-electron chi connectivity index (χ0n) is 6.22. The van der Waals surface area contributed by atoms with Gasteiger partial charge in [-0.25, -0.2) is 0 Å². The predicted octanol–water partition coefficient (Wildman–Crippen LogP) is -2.71. The molecule has 0 spiro atoms. The molecule has 0 rings (SSSR count). The molecule has 0 aromatic carbocycles. The van der Waals surface area contributed by atoms with Crippen LogP contribution in [0.5, 0.6) is 0 Å². The van der Waals surface area contributed by atoms with Crippen molar-refractivity contribution in [3.8, 4) is 6.07 Å². The van der Waals surface area contributed by atoms with E-state index < -0.39 is 6.10 Å². The molecular formula is C6H10NNaO. The van der Waals surface area contributed by atoms with Crippen LogP contribution in [0, 0.1) is 17.2 Å². The van der Waals surface area contributed by atoms with Gasteiger partial charge in [-0.1, -0.05) is 19.8 Å². The number of nitriles is 1. The molecule has 0 aliphatic carbocycles. The van der Waals surface area contributed by atoms with E-state index in [9.17, 15) is 5.11 Å². The molecule has 0 fully saturated rings. The SMILES string of the molecule is CC(C)C([O-])CC#N.[Na+]. The molecule has 0 heterocycles. The number of rotatable bonds is 2. The summed E-state index contributed by atoms with van der Waals surface area (Å²) >= 11 is 0. The van der Waals surface area contributed by atoms with Crippen molar-refractivity contribution in [2.75, 3.05) is 0 Å². The zero-order valence-corrected chi connectivity index (χ0v) is 8.22. The van der Waals surface area contributed by atoms with E-state index in [4.69, 9.17) is 5.26 Å². The van der Waals surface area contributed by atoms with Gasteiger partial charge in [0.15, 0.2) is 0 Å². The molecule has 3 heteroatoms. The molecule has 0 amide bonds. The summed E-state index contributed by atoms with van der Waals surface area (Å²) in [5.41, 5.74) is 0. The van der Waals surface area contributed by atoms with Gasteiger partial charge in [-0.15, -0.1) is 6.10 Å². The summed E-state index contributed by atoms with van der Waals surface area (Å²) in [6.45, 7) is 3.66. The fourth-order valence-corrected chi connectivity index (χ4v) is 0.326. The van der Waals surface area contributed by atoms with E-state index >= 15 is 0 Å². The van der Waals surface area contributed by atoms with E-state index in [0.717, 1.165) is 0 Å². The van der Waals surface area contributed by atoms with Crippen LogP contribution in [0.25, 0.3) is 0 Å². The van der Waals surface area contributed by atoms with Crippen molar-refractivity contribution in [1.29, 1.82) is 5.26 Å². The molecule has 46 valence electrons. The van der Waals surface area contributed by atoms with Gasteiger partial charge in [-0.05, 0) is 0 Å². The van der Waals surface area contributed by atoms with Crippen LogP contribution in [0.15, 0.2) is 0 Å². The van der Waals surface area contributed by atoms with E-state index in [2.05, 4.69) is 0 Å². The van der Waals surface area contributed by atoms with E-state index in [1.54, 1.807) is 0 Å². The second-order valence-electron chi connectivity index (χ2n) is 2.14. The van der Waals surface area contributed by atoms with Crippen molar-refractivity contribution < 1.29 is 34.7 Å². The van der Waals surface area contributed by atoms with Gasteiger partial charge in [0.2, 0.25) is 0 Å². The minimum Gasteiger partial charge on any atom is -0.851 e. The first-order valence-corrected chi connectivity index (χ1v) is 2.71. The summed E-state index contributed by atoms with van der Waals surface area (Å²) in [7, 11) is 0. The van der Waals surface area contributed by atoms with Gasteiger partial charge in [0, 0.05) is 6.42 Å². The molecule has 0 bridgehead atoms. The van der Waals surface area contributed by atoms with Crippen molar-refractivity contribution >= 4 is 0 Å². The Kier molecular flexibility index (Phi) is 8.87. The Bertz CT molecular complexity index is 97.7. The van der Waals surface area contributed by atoms with Crippen molar-refractivity contribution in [3.05, 3.63) is 0 Å². The van der Waals surface area contributed by atoms with Gasteiger partial charge >= 0.3 is 29.6 Å². The molecule has 0 saturated carbocycles. The van der Waals surface area contributed by atoms with Gasteiger partial charge in [0.05, 0.1) is 6.07 Å². The van der Waals surface area contributed by atoms with Gasteiger partial charge < -0.3 is 5.11 Å². The monoisotopic (exact) mass is 135 g/mol. The summed E-state index contributed by atoms with van der Waals surface area (Å²) in [5.74, 6) is 0.0923. The first kappa shape index (κ1) is 12.2. The van der Waals surface area contributed by atoms with E-state index in [1.807, 2.05) is 19.9 Å². The first-order valence-electron chi connectivity index (χ1n) is 2.71. The molecule has 1 atom stereocenters. The minimum atomic E-state index is -0.694. The normalized spacial score (nSPS) is 11.9. The third-order valence-electron chi connectivity index (χ3n) is 1.04. The maximum Gasteiger partial charge on any atom is 1.00 e. The van der Waals surface area contributed by atoms with E-state index in [0.29, 0.717) is 0 Å². The quantitative estimate of drug-likeness (QED) is 0.386. The molecule has 0 aliphatic heterocycles. The fraction of sp³-hybridized carbons (Fsp3) is 0.833. The molecule has 1 unspecified atom stereocenters. The van der Waals surface area contributed by atoms with Crippen LogP contribution >= 0.6 is 0 Å². The maximum atomic E-state index is 10.6. The maximum absolute atomic E-state index is 10.6. The predicted molar refractivity (Wildman–Crippen MR) is 28.9 cm³/mol. The number of hydrogen-bond donors (Lipinski definition) is 0. The molecule has 0 saturated heterocycles. The Balaban J connectivity index is 0. The third-order valence-corrected chi connectivity index (χ3v) is 1.04. The van der Waals surface area contributed by atoms with Gasteiger partial charge in [0.1, 0.15) is 0 Å². The van der Waals surface area contributed by atoms with Crippen molar-refractivity contribution in [1.82, 2.24) is 0 Å². The summed E-state index contributed by atoms with van der Waals surface area (Å²) in [6, 6.07) is 1.84. The van der Waals surface area contributed by atoms with E-state index in [1.165, 1.54) is 0 Å². The third kappa shape index (κ3) is 6.33. The molecule has 0 aromatic rings. The van der Waals surface area contributed by atoms with Crippen LogP contribution in [0.4, 0.5) is 0 Å².